The van der Waals surface area contributed by atoms with E-state index in [-0.39, 0.29) is 11.9 Å². The Balaban J connectivity index is 1.43. The molecule has 32 heavy (non-hydrogen) atoms. The van der Waals surface area contributed by atoms with Crippen molar-refractivity contribution in [2.75, 3.05) is 20.1 Å². The topological polar surface area (TPSA) is 39.8 Å². The Hall–Kier alpha value is -2.41. The highest BCUT2D eigenvalue weighted by molar-refractivity contribution is 5.38. The molecule has 2 N–H and O–H groups in total. The summed E-state index contributed by atoms with van der Waals surface area (Å²) in [5.74, 6) is 0.853. The van der Waals surface area contributed by atoms with Gasteiger partial charge in [0.2, 0.25) is 0 Å². The molecule has 2 heterocycles. The molecule has 1 aliphatic carbocycles. The number of benzene rings is 1. The quantitative estimate of drug-likeness (QED) is 0.433. The maximum absolute atomic E-state index is 15.2. The molecule has 0 bridgehead atoms. The standard InChI is InChI=1S/C26H35FN4O/c1-3-4-5-6-8-25-30(2)17-18-31(25)20-21-9-10-22(19-24(21)27)26(13-7-14-26)29-32-23-11-15-28-16-12-23/h5-10,13,17-19,23,28-29H,3-4,11-12,14-16,20H2,1-2H3/b6-5-,25-8+. The van der Waals surface area contributed by atoms with Crippen LogP contribution in [-0.4, -0.2) is 36.0 Å². The fraction of sp³-hybridized carbons (Fsp3) is 0.462. The van der Waals surface area contributed by atoms with E-state index in [4.69, 9.17) is 4.84 Å². The second kappa shape index (κ2) is 10.5. The minimum absolute atomic E-state index is 0.185. The molecule has 1 aromatic rings. The zero-order chi connectivity index (χ0) is 22.4. The summed E-state index contributed by atoms with van der Waals surface area (Å²) in [6.07, 6.45) is 19.6. The number of nitrogens with one attached hydrogen (secondary N) is 2. The molecule has 1 atom stereocenters. The lowest BCUT2D eigenvalue weighted by atomic mass is 9.79. The van der Waals surface area contributed by atoms with E-state index in [0.29, 0.717) is 12.1 Å². The van der Waals surface area contributed by atoms with Gasteiger partial charge in [-0.2, -0.15) is 5.48 Å². The molecular formula is C26H35FN4O. The van der Waals surface area contributed by atoms with Gasteiger partial charge in [-0.3, -0.25) is 4.84 Å². The predicted molar refractivity (Wildman–Crippen MR) is 127 cm³/mol. The first kappa shape index (κ1) is 22.8. The van der Waals surface area contributed by atoms with E-state index < -0.39 is 5.54 Å². The number of unbranched alkanes of at least 4 members (excludes halogenated alkanes) is 1. The van der Waals surface area contributed by atoms with E-state index >= 15 is 4.39 Å². The van der Waals surface area contributed by atoms with E-state index in [1.807, 2.05) is 31.6 Å². The monoisotopic (exact) mass is 438 g/mol. The number of hydrogen-bond donors (Lipinski definition) is 2. The SMILES string of the molecule is CCC/C=C\C=C1/N(C)C=CN1Cc1ccc(C2(NOC3CCNCC3)C=CC2)cc1F. The van der Waals surface area contributed by atoms with Gasteiger partial charge in [-0.05, 0) is 56.5 Å². The smallest absolute Gasteiger partial charge is 0.128 e. The summed E-state index contributed by atoms with van der Waals surface area (Å²) in [6.45, 7) is 4.60. The molecule has 4 rings (SSSR count). The van der Waals surface area contributed by atoms with E-state index in [9.17, 15) is 0 Å². The molecule has 3 aliphatic rings. The minimum atomic E-state index is -0.437. The maximum atomic E-state index is 15.2. The lowest BCUT2D eigenvalue weighted by Gasteiger charge is -2.38. The minimum Gasteiger partial charge on any atom is -0.336 e. The zero-order valence-corrected chi connectivity index (χ0v) is 19.2. The Kier molecular flexibility index (Phi) is 7.45. The van der Waals surface area contributed by atoms with Crippen molar-refractivity contribution in [1.29, 1.82) is 0 Å². The fourth-order valence-corrected chi connectivity index (χ4v) is 4.24. The first-order valence-corrected chi connectivity index (χ1v) is 11.8. The summed E-state index contributed by atoms with van der Waals surface area (Å²) in [4.78, 5) is 10.1. The lowest BCUT2D eigenvalue weighted by Crippen LogP contribution is -2.47. The zero-order valence-electron chi connectivity index (χ0n) is 19.2. The van der Waals surface area contributed by atoms with E-state index in [1.54, 1.807) is 6.07 Å². The average Bonchev–Trinajstić information content (AvgIpc) is 3.12. The number of hydrogen-bond acceptors (Lipinski definition) is 5. The van der Waals surface area contributed by atoms with Crippen LogP contribution in [0.15, 0.2) is 66.8 Å². The van der Waals surface area contributed by atoms with Gasteiger partial charge < -0.3 is 15.1 Å². The number of piperidine rings is 1. The van der Waals surface area contributed by atoms with Crippen molar-refractivity contribution in [3.63, 3.8) is 0 Å². The van der Waals surface area contributed by atoms with E-state index in [1.165, 1.54) is 0 Å². The van der Waals surface area contributed by atoms with Crippen LogP contribution in [0.1, 0.15) is 50.2 Å². The van der Waals surface area contributed by atoms with Crippen molar-refractivity contribution in [2.45, 2.75) is 57.2 Å². The summed E-state index contributed by atoms with van der Waals surface area (Å²) >= 11 is 0. The first-order valence-electron chi connectivity index (χ1n) is 11.8. The molecule has 1 saturated heterocycles. The van der Waals surface area contributed by atoms with Crippen LogP contribution in [0.25, 0.3) is 0 Å². The summed E-state index contributed by atoms with van der Waals surface area (Å²) in [5, 5.41) is 3.35. The van der Waals surface area contributed by atoms with Gasteiger partial charge in [0, 0.05) is 25.0 Å². The number of allylic oxidation sites excluding steroid dienone is 3. The van der Waals surface area contributed by atoms with Crippen molar-refractivity contribution in [3.8, 4) is 0 Å². The molecule has 0 spiro atoms. The molecule has 1 aromatic carbocycles. The first-order chi connectivity index (χ1) is 15.6. The van der Waals surface area contributed by atoms with Gasteiger partial charge in [0.05, 0.1) is 18.2 Å². The fourth-order valence-electron chi connectivity index (χ4n) is 4.24. The molecule has 1 fully saturated rings. The Labute approximate surface area is 191 Å². The lowest BCUT2D eigenvalue weighted by molar-refractivity contribution is -0.0776. The average molecular weight is 439 g/mol. The summed E-state index contributed by atoms with van der Waals surface area (Å²) in [7, 11) is 2.01. The molecule has 2 aliphatic heterocycles. The molecule has 0 radical (unpaired) electrons. The van der Waals surface area contributed by atoms with Crippen LogP contribution >= 0.6 is 0 Å². The third-order valence-electron chi connectivity index (χ3n) is 6.41. The molecule has 0 amide bonds. The molecule has 5 nitrogen and oxygen atoms in total. The van der Waals surface area contributed by atoms with Crippen molar-refractivity contribution < 1.29 is 9.23 Å². The molecule has 0 saturated carbocycles. The Bertz CT molecular complexity index is 903. The third-order valence-corrected chi connectivity index (χ3v) is 6.41. The van der Waals surface area contributed by atoms with Gasteiger partial charge in [0.25, 0.3) is 0 Å². The highest BCUT2D eigenvalue weighted by atomic mass is 19.1. The van der Waals surface area contributed by atoms with Gasteiger partial charge >= 0.3 is 0 Å². The summed E-state index contributed by atoms with van der Waals surface area (Å²) in [6, 6.07) is 5.59. The predicted octanol–water partition coefficient (Wildman–Crippen LogP) is 4.67. The molecule has 0 aromatic heterocycles. The number of hydroxylamine groups is 1. The van der Waals surface area contributed by atoms with Gasteiger partial charge in [-0.1, -0.05) is 49.8 Å². The molecule has 172 valence electrons. The van der Waals surface area contributed by atoms with Crippen LogP contribution in [-0.2, 0) is 16.9 Å². The van der Waals surface area contributed by atoms with Gasteiger partial charge in [-0.15, -0.1) is 0 Å². The third kappa shape index (κ3) is 5.14. The van der Waals surface area contributed by atoms with Gasteiger partial charge in [0.1, 0.15) is 11.6 Å². The Morgan fingerprint density at radius 2 is 2.09 bits per heavy atom. The maximum Gasteiger partial charge on any atom is 0.128 e. The van der Waals surface area contributed by atoms with Gasteiger partial charge in [-0.25, -0.2) is 4.39 Å². The number of nitrogens with zero attached hydrogens (tertiary/aromatic N) is 2. The number of rotatable bonds is 9. The van der Waals surface area contributed by atoms with Crippen molar-refractivity contribution in [2.24, 2.45) is 0 Å². The van der Waals surface area contributed by atoms with E-state index in [0.717, 1.165) is 56.6 Å². The Morgan fingerprint density at radius 3 is 2.78 bits per heavy atom. The second-order valence-electron chi connectivity index (χ2n) is 8.83. The van der Waals surface area contributed by atoms with Gasteiger partial charge in [0.15, 0.2) is 0 Å². The Morgan fingerprint density at radius 1 is 1.28 bits per heavy atom. The van der Waals surface area contributed by atoms with Crippen LogP contribution in [0.3, 0.4) is 0 Å². The van der Waals surface area contributed by atoms with Crippen molar-refractivity contribution in [1.82, 2.24) is 20.6 Å². The molecule has 1 unspecified atom stereocenters. The largest absolute Gasteiger partial charge is 0.336 e. The highest BCUT2D eigenvalue weighted by Crippen LogP contribution is 2.36. The normalized spacial score (nSPS) is 24.8. The van der Waals surface area contributed by atoms with Crippen LogP contribution in [0.4, 0.5) is 4.39 Å². The number of halogens is 1. The molecular weight excluding hydrogens is 403 g/mol. The highest BCUT2D eigenvalue weighted by Gasteiger charge is 2.35. The second-order valence-corrected chi connectivity index (χ2v) is 8.83. The van der Waals surface area contributed by atoms with Crippen molar-refractivity contribution >= 4 is 0 Å². The van der Waals surface area contributed by atoms with Crippen LogP contribution in [0.2, 0.25) is 0 Å². The van der Waals surface area contributed by atoms with Crippen LogP contribution in [0.5, 0.6) is 0 Å². The summed E-state index contributed by atoms with van der Waals surface area (Å²) < 4.78 is 15.2. The van der Waals surface area contributed by atoms with Crippen molar-refractivity contribution in [3.05, 3.63) is 83.7 Å². The van der Waals surface area contributed by atoms with Crippen LogP contribution < -0.4 is 10.8 Å². The summed E-state index contributed by atoms with van der Waals surface area (Å²) in [5.41, 5.74) is 4.40. The van der Waals surface area contributed by atoms with E-state index in [2.05, 4.69) is 57.9 Å². The molecule has 6 heteroatoms. The van der Waals surface area contributed by atoms with Crippen LogP contribution in [0, 0.1) is 5.82 Å².